The second-order valence-corrected chi connectivity index (χ2v) is 4.68. The Bertz CT molecular complexity index is 948. The maximum absolute atomic E-state index is 12.2. The molecule has 124 valence electrons. The number of amides is 1. The average Bonchev–Trinajstić information content (AvgIpc) is 3.05. The summed E-state index contributed by atoms with van der Waals surface area (Å²) < 4.78 is 10.3. The molecule has 1 amide bonds. The molecule has 2 heterocycles. The van der Waals surface area contributed by atoms with E-state index in [0.717, 1.165) is 0 Å². The first-order chi connectivity index (χ1) is 11.6. The lowest BCUT2D eigenvalue weighted by molar-refractivity contribution is 0.0959. The zero-order chi connectivity index (χ0) is 17.1. The molecule has 0 radical (unpaired) electrons. The van der Waals surface area contributed by atoms with Gasteiger partial charge in [-0.2, -0.15) is 5.10 Å². The predicted octanol–water partition coefficient (Wildman–Crippen LogP) is 0.420. The van der Waals surface area contributed by atoms with Gasteiger partial charge in [0.2, 0.25) is 0 Å². The molecule has 0 bridgehead atoms. The van der Waals surface area contributed by atoms with Crippen LogP contribution in [0.15, 0.2) is 29.3 Å². The van der Waals surface area contributed by atoms with E-state index in [1.807, 2.05) is 0 Å². The molecule has 0 spiro atoms. The molecule has 10 heteroatoms. The molecule has 1 aromatic carbocycles. The Hall–Kier alpha value is -3.56. The van der Waals surface area contributed by atoms with E-state index in [2.05, 4.69) is 31.0 Å². The third-order valence-electron chi connectivity index (χ3n) is 3.29. The number of hydrogen-bond acceptors (Lipinski definition) is 7. The Kier molecular flexibility index (Phi) is 4.01. The van der Waals surface area contributed by atoms with Gasteiger partial charge >= 0.3 is 0 Å². The van der Waals surface area contributed by atoms with Gasteiger partial charge in [-0.05, 0) is 12.1 Å². The van der Waals surface area contributed by atoms with Crippen molar-refractivity contribution in [3.63, 3.8) is 0 Å². The number of ether oxygens (including phenoxy) is 2. The van der Waals surface area contributed by atoms with Crippen molar-refractivity contribution in [2.24, 2.45) is 0 Å². The van der Waals surface area contributed by atoms with Crippen LogP contribution in [0, 0.1) is 0 Å². The number of nitrogens with zero attached hydrogens (tertiary/aromatic N) is 2. The van der Waals surface area contributed by atoms with Crippen molar-refractivity contribution in [3.05, 3.63) is 40.6 Å². The minimum atomic E-state index is -0.564. The van der Waals surface area contributed by atoms with E-state index in [-0.39, 0.29) is 16.7 Å². The van der Waals surface area contributed by atoms with Gasteiger partial charge in [-0.1, -0.05) is 0 Å². The standard InChI is InChI=1S/C14H14N6O4/c1-23-8-4-3-7(5-9(8)24-2)17-20-14(22)11-10-12(19-18-11)15-6-16-13(10)21/h3-6,17H,1-2H3,(H,20,22)(H2,15,16,18,19,21). The molecule has 0 atom stereocenters. The van der Waals surface area contributed by atoms with Gasteiger partial charge in [0.1, 0.15) is 11.1 Å². The lowest BCUT2D eigenvalue weighted by Gasteiger charge is -2.11. The molecule has 0 saturated carbocycles. The van der Waals surface area contributed by atoms with Gasteiger partial charge in [0.15, 0.2) is 17.1 Å². The summed E-state index contributed by atoms with van der Waals surface area (Å²) >= 11 is 0. The minimum Gasteiger partial charge on any atom is -0.493 e. The summed E-state index contributed by atoms with van der Waals surface area (Å²) in [5.41, 5.74) is 5.48. The average molecular weight is 330 g/mol. The van der Waals surface area contributed by atoms with Crippen LogP contribution in [-0.2, 0) is 0 Å². The molecule has 0 unspecified atom stereocenters. The second-order valence-electron chi connectivity index (χ2n) is 4.68. The van der Waals surface area contributed by atoms with Gasteiger partial charge in [0, 0.05) is 6.07 Å². The Morgan fingerprint density at radius 2 is 2.00 bits per heavy atom. The van der Waals surface area contributed by atoms with Crippen molar-refractivity contribution in [3.8, 4) is 11.5 Å². The van der Waals surface area contributed by atoms with E-state index < -0.39 is 11.5 Å². The van der Waals surface area contributed by atoms with Crippen LogP contribution >= 0.6 is 0 Å². The minimum absolute atomic E-state index is 0.00678. The van der Waals surface area contributed by atoms with Crippen molar-refractivity contribution < 1.29 is 14.3 Å². The summed E-state index contributed by atoms with van der Waals surface area (Å²) in [5.74, 6) is 0.502. The molecule has 24 heavy (non-hydrogen) atoms. The molecule has 2 aromatic heterocycles. The van der Waals surface area contributed by atoms with Crippen molar-refractivity contribution in [1.82, 2.24) is 25.6 Å². The Morgan fingerprint density at radius 3 is 2.75 bits per heavy atom. The molecular weight excluding hydrogens is 316 g/mol. The van der Waals surface area contributed by atoms with Gasteiger partial charge in [-0.3, -0.25) is 25.5 Å². The summed E-state index contributed by atoms with van der Waals surface area (Å²) in [4.78, 5) is 30.3. The van der Waals surface area contributed by atoms with E-state index in [4.69, 9.17) is 9.47 Å². The molecule has 4 N–H and O–H groups in total. The fourth-order valence-corrected chi connectivity index (χ4v) is 2.13. The molecular formula is C14H14N6O4. The summed E-state index contributed by atoms with van der Waals surface area (Å²) in [6, 6.07) is 5.03. The van der Waals surface area contributed by atoms with Gasteiger partial charge in [-0.25, -0.2) is 4.98 Å². The lowest BCUT2D eigenvalue weighted by Crippen LogP contribution is -2.30. The normalized spacial score (nSPS) is 10.4. The summed E-state index contributed by atoms with van der Waals surface area (Å²) in [5, 5.41) is 6.41. The molecule has 0 saturated heterocycles. The van der Waals surface area contributed by atoms with Crippen LogP contribution in [0.1, 0.15) is 10.5 Å². The van der Waals surface area contributed by atoms with E-state index in [1.165, 1.54) is 20.5 Å². The van der Waals surface area contributed by atoms with Crippen molar-refractivity contribution in [2.75, 3.05) is 19.6 Å². The Labute approximate surface area is 135 Å². The third kappa shape index (κ3) is 2.72. The number of nitrogens with one attached hydrogen (secondary N) is 4. The molecule has 0 aliphatic heterocycles. The van der Waals surface area contributed by atoms with Crippen LogP contribution in [-0.4, -0.2) is 40.3 Å². The number of H-pyrrole nitrogens is 2. The number of methoxy groups -OCH3 is 2. The van der Waals surface area contributed by atoms with Crippen LogP contribution in [0.3, 0.4) is 0 Å². The number of aromatic nitrogens is 4. The molecule has 0 aliphatic carbocycles. The zero-order valence-corrected chi connectivity index (χ0v) is 12.8. The van der Waals surface area contributed by atoms with Crippen LogP contribution in [0.2, 0.25) is 0 Å². The van der Waals surface area contributed by atoms with E-state index in [0.29, 0.717) is 17.2 Å². The number of rotatable bonds is 5. The number of hydrazine groups is 1. The first-order valence-electron chi connectivity index (χ1n) is 6.84. The highest BCUT2D eigenvalue weighted by molar-refractivity contribution is 6.03. The van der Waals surface area contributed by atoms with Gasteiger partial charge in [-0.15, -0.1) is 0 Å². The predicted molar refractivity (Wildman–Crippen MR) is 85.1 cm³/mol. The fourth-order valence-electron chi connectivity index (χ4n) is 2.13. The number of aromatic amines is 2. The largest absolute Gasteiger partial charge is 0.493 e. The Morgan fingerprint density at radius 1 is 1.21 bits per heavy atom. The number of carbonyl (C=O) groups excluding carboxylic acids is 1. The van der Waals surface area contributed by atoms with Crippen LogP contribution in [0.5, 0.6) is 11.5 Å². The molecule has 3 aromatic rings. The third-order valence-corrected chi connectivity index (χ3v) is 3.29. The number of fused-ring (bicyclic) bond motifs is 1. The first kappa shape index (κ1) is 15.3. The second kappa shape index (κ2) is 6.28. The lowest BCUT2D eigenvalue weighted by atomic mass is 10.3. The van der Waals surface area contributed by atoms with Crippen molar-refractivity contribution >= 4 is 22.6 Å². The number of benzene rings is 1. The van der Waals surface area contributed by atoms with Crippen LogP contribution in [0.25, 0.3) is 11.0 Å². The van der Waals surface area contributed by atoms with Gasteiger partial charge < -0.3 is 14.5 Å². The highest BCUT2D eigenvalue weighted by atomic mass is 16.5. The van der Waals surface area contributed by atoms with Gasteiger partial charge in [0.25, 0.3) is 11.5 Å². The fraction of sp³-hybridized carbons (Fsp3) is 0.143. The SMILES string of the molecule is COc1ccc(NNC(=O)c2[nH]nc3nc[nH]c(=O)c23)cc1OC. The van der Waals surface area contributed by atoms with Gasteiger partial charge in [0.05, 0.1) is 26.2 Å². The topological polar surface area (TPSA) is 134 Å². The summed E-state index contributed by atoms with van der Waals surface area (Å²) in [6.45, 7) is 0. The number of carbonyl (C=O) groups is 1. The van der Waals surface area contributed by atoms with Crippen molar-refractivity contribution in [1.29, 1.82) is 0 Å². The molecule has 0 fully saturated rings. The number of anilines is 1. The van der Waals surface area contributed by atoms with E-state index >= 15 is 0 Å². The van der Waals surface area contributed by atoms with E-state index in [1.54, 1.807) is 18.2 Å². The van der Waals surface area contributed by atoms with E-state index in [9.17, 15) is 9.59 Å². The summed E-state index contributed by atoms with van der Waals surface area (Å²) in [6.07, 6.45) is 1.22. The van der Waals surface area contributed by atoms with Crippen LogP contribution < -0.4 is 25.9 Å². The zero-order valence-electron chi connectivity index (χ0n) is 12.8. The first-order valence-corrected chi connectivity index (χ1v) is 6.84. The summed E-state index contributed by atoms with van der Waals surface area (Å²) in [7, 11) is 3.04. The number of hydrogen-bond donors (Lipinski definition) is 4. The Balaban J connectivity index is 1.79. The van der Waals surface area contributed by atoms with Crippen molar-refractivity contribution in [2.45, 2.75) is 0 Å². The molecule has 10 nitrogen and oxygen atoms in total. The van der Waals surface area contributed by atoms with Crippen LogP contribution in [0.4, 0.5) is 5.69 Å². The highest BCUT2D eigenvalue weighted by Crippen LogP contribution is 2.29. The quantitative estimate of drug-likeness (QED) is 0.498. The smallest absolute Gasteiger partial charge is 0.288 e. The molecule has 0 aliphatic rings. The maximum atomic E-state index is 12.2. The maximum Gasteiger partial charge on any atom is 0.288 e. The molecule has 3 rings (SSSR count). The monoisotopic (exact) mass is 330 g/mol. The highest BCUT2D eigenvalue weighted by Gasteiger charge is 2.17.